The van der Waals surface area contributed by atoms with E-state index in [9.17, 15) is 51.0 Å². The zero-order valence-electron chi connectivity index (χ0n) is 37.9. The Bertz CT molecular complexity index is 1950. The van der Waals surface area contributed by atoms with E-state index in [4.69, 9.17) is 28.4 Å². The minimum absolute atomic E-state index is 0.184. The number of sulfonamides is 1. The van der Waals surface area contributed by atoms with E-state index < -0.39 is 111 Å². The largest absolute Gasteiger partial charge is 0.511 e. The van der Waals surface area contributed by atoms with Gasteiger partial charge in [0.15, 0.2) is 6.10 Å². The molecular weight excluding hydrogens is 856 g/mol. The molecule has 0 aromatic heterocycles. The van der Waals surface area contributed by atoms with Crippen LogP contribution < -0.4 is 4.72 Å². The van der Waals surface area contributed by atoms with Gasteiger partial charge in [0.2, 0.25) is 17.0 Å². The monoisotopic (exact) mass is 919 g/mol. The van der Waals surface area contributed by atoms with Gasteiger partial charge >= 0.3 is 39.4 Å². The van der Waals surface area contributed by atoms with E-state index >= 15 is 0 Å². The van der Waals surface area contributed by atoms with Crippen LogP contribution >= 0.6 is 0 Å². The van der Waals surface area contributed by atoms with E-state index in [-0.39, 0.29) is 23.8 Å². The number of nitrogens with one attached hydrogen (secondary N) is 1. The van der Waals surface area contributed by atoms with E-state index in [1.54, 1.807) is 6.92 Å². The second-order valence-electron chi connectivity index (χ2n) is 18.6. The fraction of sp³-hybridized carbons (Fsp3) is 0.682. The fourth-order valence-electron chi connectivity index (χ4n) is 7.60. The normalized spacial score (nSPS) is 27.2. The molecule has 1 aromatic carbocycles. The molecule has 1 aromatic rings. The van der Waals surface area contributed by atoms with Crippen molar-refractivity contribution in [1.82, 2.24) is 4.72 Å². The number of benzene rings is 1. The molecule has 10 atom stereocenters. The predicted octanol–water partition coefficient (Wildman–Crippen LogP) is 5.75. The van der Waals surface area contributed by atoms with Crippen LogP contribution in [-0.4, -0.2) is 107 Å². The Hall–Kier alpha value is -3.88. The quantitative estimate of drug-likeness (QED) is 0.0653. The first-order valence-corrected chi connectivity index (χ1v) is 22.3. The number of aliphatic hydroxyl groups is 2. The van der Waals surface area contributed by atoms with E-state index in [1.165, 1.54) is 59.3 Å². The number of hydrogen-bond donors (Lipinski definition) is 3. The molecule has 0 spiro atoms. The fourth-order valence-corrected chi connectivity index (χ4v) is 8.14. The Kier molecular flexibility index (Phi) is 17.1. The highest BCUT2D eigenvalue weighted by Gasteiger charge is 2.85. The van der Waals surface area contributed by atoms with E-state index in [0.717, 1.165) is 18.1 Å². The van der Waals surface area contributed by atoms with E-state index in [0.29, 0.717) is 12.8 Å². The number of carbonyl (C=O) groups excluding carboxylic acids is 4. The molecule has 3 N–H and O–H groups in total. The van der Waals surface area contributed by atoms with Gasteiger partial charge in [0.25, 0.3) is 0 Å². The summed E-state index contributed by atoms with van der Waals surface area (Å²) < 4.78 is 102. The number of carbonyl (C=O) groups is 4. The smallest absolute Gasteiger partial charge is 0.458 e. The molecule has 15 nitrogen and oxygen atoms in total. The summed E-state index contributed by atoms with van der Waals surface area (Å²) in [5.41, 5.74) is -15.0. The Balaban J connectivity index is 2.32. The lowest BCUT2D eigenvalue weighted by Gasteiger charge is -2.52. The van der Waals surface area contributed by atoms with Gasteiger partial charge in [-0.25, -0.2) is 27.5 Å². The highest BCUT2D eigenvalue weighted by molar-refractivity contribution is 7.90. The van der Waals surface area contributed by atoms with Gasteiger partial charge in [-0.1, -0.05) is 77.1 Å². The van der Waals surface area contributed by atoms with Crippen molar-refractivity contribution in [3.8, 4) is 0 Å². The van der Waals surface area contributed by atoms with Crippen LogP contribution in [0.1, 0.15) is 107 Å². The average molecular weight is 920 g/mol. The molecule has 2 fully saturated rings. The number of alkyl halides is 3. The molecular formula is C44H64F3NO14S. The molecule has 2 aliphatic rings. The number of ether oxygens (including phenoxy) is 6. The van der Waals surface area contributed by atoms with Gasteiger partial charge < -0.3 is 38.6 Å². The summed E-state index contributed by atoms with van der Waals surface area (Å²) in [6, 6.07) is 9.19. The summed E-state index contributed by atoms with van der Waals surface area (Å²) in [5.74, 6) is -8.39. The molecule has 19 heteroatoms. The molecule has 0 saturated carbocycles. The van der Waals surface area contributed by atoms with E-state index in [1.807, 2.05) is 51.1 Å². The zero-order chi connectivity index (χ0) is 48.1. The number of aliphatic hydroxyl groups excluding tert-OH is 1. The number of halogens is 3. The number of esters is 4. The molecule has 0 unspecified atom stereocenters. The maximum absolute atomic E-state index is 14.8. The van der Waals surface area contributed by atoms with Crippen molar-refractivity contribution in [3.05, 3.63) is 60.2 Å². The first kappa shape index (κ1) is 53.5. The van der Waals surface area contributed by atoms with Crippen molar-refractivity contribution >= 4 is 33.9 Å². The third kappa shape index (κ3) is 12.7. The zero-order valence-corrected chi connectivity index (χ0v) is 38.7. The Morgan fingerprint density at radius 2 is 1.56 bits per heavy atom. The van der Waals surface area contributed by atoms with Gasteiger partial charge in [0, 0.05) is 31.9 Å². The van der Waals surface area contributed by atoms with Crippen LogP contribution in [0.15, 0.2) is 54.6 Å². The van der Waals surface area contributed by atoms with Crippen molar-refractivity contribution in [2.24, 2.45) is 17.8 Å². The summed E-state index contributed by atoms with van der Waals surface area (Å²) in [7, 11) is -6.24. The minimum Gasteiger partial charge on any atom is -0.458 e. The molecule has 0 aliphatic carbocycles. The number of hydrogen-bond acceptors (Lipinski definition) is 14. The molecule has 356 valence electrons. The maximum Gasteiger partial charge on any atom is 0.511 e. The topological polar surface area (TPSA) is 210 Å². The third-order valence-corrected chi connectivity index (χ3v) is 11.9. The Morgan fingerprint density at radius 3 is 2.08 bits per heavy atom. The van der Waals surface area contributed by atoms with Crippen LogP contribution in [0.2, 0.25) is 0 Å². The molecule has 0 amide bonds. The lowest BCUT2D eigenvalue weighted by molar-refractivity contribution is -0.380. The van der Waals surface area contributed by atoms with Gasteiger partial charge in [-0.15, -0.1) is 0 Å². The van der Waals surface area contributed by atoms with Crippen LogP contribution in [0.25, 0.3) is 0 Å². The summed E-state index contributed by atoms with van der Waals surface area (Å²) >= 11 is 0. The van der Waals surface area contributed by atoms with E-state index in [2.05, 4.69) is 6.58 Å². The highest BCUT2D eigenvalue weighted by atomic mass is 32.2. The van der Waals surface area contributed by atoms with Gasteiger partial charge in [0.05, 0.1) is 0 Å². The summed E-state index contributed by atoms with van der Waals surface area (Å²) in [4.78, 5) is 55.4. The van der Waals surface area contributed by atoms with Crippen LogP contribution in [0.5, 0.6) is 0 Å². The van der Waals surface area contributed by atoms with Crippen molar-refractivity contribution in [2.75, 3.05) is 6.54 Å². The minimum atomic E-state index is -6.24. The summed E-state index contributed by atoms with van der Waals surface area (Å²) in [5, 5.41) is 25.2. The van der Waals surface area contributed by atoms with Crippen molar-refractivity contribution < 1.29 is 79.4 Å². The van der Waals surface area contributed by atoms with Crippen molar-refractivity contribution in [1.29, 1.82) is 0 Å². The average Bonchev–Trinajstić information content (AvgIpc) is 3.36. The molecule has 63 heavy (non-hydrogen) atoms. The SMILES string of the molecule is C=C(CC[C@]12O[C@H](CNS(=O)(=O)C(F)(F)F)[C@@](O)(C(=O)OC(C)(C)C)[C@](C(=O)OC(C)(C)C)(O1)[C@H](OC(=O)/C=C/[C@@H](C)C[C@@H](C)CC)[C@H]2O)[C@@H](OC(C)=O)[C@H](C)Cc1ccccc1. The maximum atomic E-state index is 14.8. The number of rotatable bonds is 19. The first-order valence-electron chi connectivity index (χ1n) is 20.8. The number of allylic oxidation sites excluding steroid dienone is 1. The summed E-state index contributed by atoms with van der Waals surface area (Å²) in [6.45, 7) is 19.5. The molecule has 3 rings (SSSR count). The first-order chi connectivity index (χ1) is 28.7. The van der Waals surface area contributed by atoms with Gasteiger partial charge in [-0.3, -0.25) is 4.79 Å². The van der Waals surface area contributed by atoms with Crippen molar-refractivity contribution in [3.63, 3.8) is 0 Å². The highest BCUT2D eigenvalue weighted by Crippen LogP contribution is 2.57. The molecule has 2 saturated heterocycles. The predicted molar refractivity (Wildman–Crippen MR) is 223 cm³/mol. The molecule has 0 radical (unpaired) electrons. The van der Waals surface area contributed by atoms with Gasteiger partial charge in [-0.05, 0) is 83.8 Å². The van der Waals surface area contributed by atoms with Crippen LogP contribution in [0.3, 0.4) is 0 Å². The molecule has 2 heterocycles. The lowest BCUT2D eigenvalue weighted by atomic mass is 9.74. The second kappa shape index (κ2) is 20.1. The van der Waals surface area contributed by atoms with Gasteiger partial charge in [0.1, 0.15) is 29.5 Å². The summed E-state index contributed by atoms with van der Waals surface area (Å²) in [6.07, 6.45) is -4.93. The Labute approximate surface area is 368 Å². The molecule has 2 bridgehead atoms. The second-order valence-corrected chi connectivity index (χ2v) is 20.3. The van der Waals surface area contributed by atoms with Crippen LogP contribution in [-0.2, 0) is 64.0 Å². The van der Waals surface area contributed by atoms with Crippen LogP contribution in [0, 0.1) is 17.8 Å². The lowest BCUT2D eigenvalue weighted by Crippen LogP contribution is -2.79. The van der Waals surface area contributed by atoms with Crippen LogP contribution in [0.4, 0.5) is 13.2 Å². The number of fused-ring (bicyclic) bond motifs is 2. The Morgan fingerprint density at radius 1 is 0.984 bits per heavy atom. The third-order valence-electron chi connectivity index (χ3n) is 10.7. The van der Waals surface area contributed by atoms with Crippen molar-refractivity contribution in [2.45, 2.75) is 166 Å². The standard InChI is InChI=1S/C44H64F3NO14S/c1-13-26(2)23-27(3)19-20-33(50)58-36-35(51)41(22-21-28(4)34(57-30(6)49)29(5)24-31-17-15-14-16-18-31)59-32(25-48-63(55,56)44(45,46)47)42(54,37(52)60-39(7,8)9)43(36,62-41)38(53)61-40(10,11)12/h14-20,26-27,29,32,34-36,48,51,54H,4,13,21-25H2,1-3,5-12H3/b20-19+/t26-,27+,29+,32+,34+,35+,36+,41-,42+,43-/m0/s1. The van der Waals surface area contributed by atoms with Gasteiger partial charge in [-0.2, -0.15) is 13.2 Å². The molecule has 2 aliphatic heterocycles.